The molecule has 0 spiro atoms. The predicted octanol–water partition coefficient (Wildman–Crippen LogP) is -0.664. The van der Waals surface area contributed by atoms with Crippen LogP contribution in [0.1, 0.15) is 6.92 Å². The lowest BCUT2D eigenvalue weighted by molar-refractivity contribution is 0.0832. The molecule has 0 radical (unpaired) electrons. The molecule has 0 saturated carbocycles. The van der Waals surface area contributed by atoms with Crippen molar-refractivity contribution in [1.29, 1.82) is 15.8 Å². The molecule has 74 valence electrons. The number of nitrogens with one attached hydrogen (secondary N) is 1. The molecular weight excluding hydrogens is 194 g/mol. The van der Waals surface area contributed by atoms with E-state index in [-0.39, 0.29) is 22.5 Å². The highest BCUT2D eigenvalue weighted by Crippen LogP contribution is 2.31. The third-order valence-electron chi connectivity index (χ3n) is 1.97. The molecule has 0 amide bonds. The van der Waals surface area contributed by atoms with E-state index < -0.39 is 5.72 Å². The zero-order valence-electron chi connectivity index (χ0n) is 7.87. The fourth-order valence-electron chi connectivity index (χ4n) is 1.39. The molecule has 0 aromatic carbocycles. The molecule has 15 heavy (non-hydrogen) atoms. The maximum absolute atomic E-state index is 9.81. The number of hydrogen-bond acceptors (Lipinski definition) is 6. The van der Waals surface area contributed by atoms with E-state index in [1.165, 1.54) is 6.92 Å². The fourth-order valence-corrected chi connectivity index (χ4v) is 1.39. The quantitative estimate of drug-likeness (QED) is 0.446. The predicted molar refractivity (Wildman–Crippen MR) is 48.8 cm³/mol. The molecule has 4 N–H and O–H groups in total. The van der Waals surface area contributed by atoms with Crippen LogP contribution in [0.15, 0.2) is 22.5 Å². The van der Waals surface area contributed by atoms with Crippen LogP contribution in [0.5, 0.6) is 0 Å². The molecule has 0 aromatic heterocycles. The molecule has 1 heterocycles. The van der Waals surface area contributed by atoms with Gasteiger partial charge in [-0.15, -0.1) is 0 Å². The second-order valence-electron chi connectivity index (χ2n) is 3.07. The lowest BCUT2D eigenvalue weighted by Crippen LogP contribution is -2.40. The van der Waals surface area contributed by atoms with E-state index in [1.54, 1.807) is 18.2 Å². The summed E-state index contributed by atoms with van der Waals surface area (Å²) in [5.74, 6) is -0.0412. The lowest BCUT2D eigenvalue weighted by Gasteiger charge is -2.20. The normalized spacial score (nSPS) is 23.8. The van der Waals surface area contributed by atoms with Crippen LogP contribution in [0.2, 0.25) is 0 Å². The standard InChI is InChI=1S/C9H7N5O/c1-9(15)7(5(2-10)3-11)6(4-12)8(13)14-9/h14-15H,13H2,1H3/t9-/m1/s1. The minimum atomic E-state index is -1.66. The third kappa shape index (κ3) is 1.48. The first kappa shape index (κ1) is 10.6. The van der Waals surface area contributed by atoms with Gasteiger partial charge in [-0.2, -0.15) is 15.8 Å². The Morgan fingerprint density at radius 2 is 1.93 bits per heavy atom. The molecule has 6 nitrogen and oxygen atoms in total. The van der Waals surface area contributed by atoms with Crippen LogP contribution in [-0.4, -0.2) is 10.8 Å². The van der Waals surface area contributed by atoms with Crippen molar-refractivity contribution < 1.29 is 5.11 Å². The Morgan fingerprint density at radius 3 is 2.33 bits per heavy atom. The van der Waals surface area contributed by atoms with Crippen molar-refractivity contribution in [3.05, 3.63) is 22.5 Å². The van der Waals surface area contributed by atoms with Crippen LogP contribution in [-0.2, 0) is 0 Å². The van der Waals surface area contributed by atoms with Crippen molar-refractivity contribution in [2.45, 2.75) is 12.6 Å². The van der Waals surface area contributed by atoms with Gasteiger partial charge in [0.1, 0.15) is 35.2 Å². The van der Waals surface area contributed by atoms with Crippen LogP contribution in [0.4, 0.5) is 0 Å². The highest BCUT2D eigenvalue weighted by molar-refractivity contribution is 5.61. The van der Waals surface area contributed by atoms with E-state index in [0.717, 1.165) is 0 Å². The van der Waals surface area contributed by atoms with Crippen molar-refractivity contribution in [3.8, 4) is 18.2 Å². The van der Waals surface area contributed by atoms with Gasteiger partial charge in [0.05, 0.1) is 5.57 Å². The molecule has 6 heteroatoms. The van der Waals surface area contributed by atoms with E-state index in [4.69, 9.17) is 21.5 Å². The van der Waals surface area contributed by atoms with Gasteiger partial charge in [0, 0.05) is 0 Å². The molecule has 0 aliphatic carbocycles. The number of rotatable bonds is 0. The number of aliphatic hydroxyl groups is 1. The van der Waals surface area contributed by atoms with E-state index in [1.807, 2.05) is 0 Å². The molecule has 1 aliphatic heterocycles. The van der Waals surface area contributed by atoms with Crippen molar-refractivity contribution in [3.63, 3.8) is 0 Å². The first-order valence-electron chi connectivity index (χ1n) is 3.93. The summed E-state index contributed by atoms with van der Waals surface area (Å²) in [4.78, 5) is 0. The first-order chi connectivity index (χ1) is 6.97. The van der Waals surface area contributed by atoms with Crippen LogP contribution in [0, 0.1) is 34.0 Å². The number of hydrogen-bond donors (Lipinski definition) is 3. The van der Waals surface area contributed by atoms with Gasteiger partial charge in [-0.25, -0.2) is 0 Å². The molecule has 0 bridgehead atoms. The van der Waals surface area contributed by atoms with E-state index >= 15 is 0 Å². The fraction of sp³-hybridized carbons (Fsp3) is 0.222. The minimum Gasteiger partial charge on any atom is -0.384 e. The van der Waals surface area contributed by atoms with Gasteiger partial charge in [-0.05, 0) is 6.92 Å². The maximum Gasteiger partial charge on any atom is 0.163 e. The summed E-state index contributed by atoms with van der Waals surface area (Å²) in [6.45, 7) is 1.31. The topological polar surface area (TPSA) is 130 Å². The lowest BCUT2D eigenvalue weighted by atomic mass is 9.96. The largest absolute Gasteiger partial charge is 0.384 e. The SMILES string of the molecule is C[C@]1(O)NC(N)=C(C#N)C1=C(C#N)C#N. The molecule has 0 unspecified atom stereocenters. The van der Waals surface area contributed by atoms with E-state index in [2.05, 4.69) is 5.32 Å². The Labute approximate surface area is 86.1 Å². The zero-order chi connectivity index (χ0) is 11.6. The smallest absolute Gasteiger partial charge is 0.163 e. The number of allylic oxidation sites excluding steroid dienone is 1. The van der Waals surface area contributed by atoms with E-state index in [9.17, 15) is 5.11 Å². The van der Waals surface area contributed by atoms with Gasteiger partial charge in [0.15, 0.2) is 5.72 Å². The van der Waals surface area contributed by atoms with Gasteiger partial charge >= 0.3 is 0 Å². The monoisotopic (exact) mass is 201 g/mol. The molecule has 0 saturated heterocycles. The Bertz CT molecular complexity index is 476. The van der Waals surface area contributed by atoms with Crippen LogP contribution in [0.3, 0.4) is 0 Å². The first-order valence-corrected chi connectivity index (χ1v) is 3.93. The van der Waals surface area contributed by atoms with Gasteiger partial charge < -0.3 is 16.2 Å². The van der Waals surface area contributed by atoms with Crippen LogP contribution in [0.25, 0.3) is 0 Å². The van der Waals surface area contributed by atoms with Gasteiger partial charge in [0.2, 0.25) is 0 Å². The maximum atomic E-state index is 9.81. The van der Waals surface area contributed by atoms with Crippen molar-refractivity contribution >= 4 is 0 Å². The van der Waals surface area contributed by atoms with Gasteiger partial charge in [0.25, 0.3) is 0 Å². The third-order valence-corrected chi connectivity index (χ3v) is 1.97. The molecule has 1 aliphatic rings. The highest BCUT2D eigenvalue weighted by Gasteiger charge is 2.39. The highest BCUT2D eigenvalue weighted by atomic mass is 16.3. The summed E-state index contributed by atoms with van der Waals surface area (Å²) >= 11 is 0. The average molecular weight is 201 g/mol. The van der Waals surface area contributed by atoms with Gasteiger partial charge in [-0.3, -0.25) is 0 Å². The average Bonchev–Trinajstić information content (AvgIpc) is 2.39. The summed E-state index contributed by atoms with van der Waals surface area (Å²) in [6, 6.07) is 4.96. The Hall–Kier alpha value is -2.49. The number of nitrogens with zero attached hydrogens (tertiary/aromatic N) is 3. The Balaban J connectivity index is 3.54. The summed E-state index contributed by atoms with van der Waals surface area (Å²) in [6.07, 6.45) is 0. The van der Waals surface area contributed by atoms with Gasteiger partial charge in [-0.1, -0.05) is 0 Å². The summed E-state index contributed by atoms with van der Waals surface area (Å²) in [5, 5.41) is 38.4. The summed E-state index contributed by atoms with van der Waals surface area (Å²) < 4.78 is 0. The number of nitrogens with two attached hydrogens (primary N) is 1. The van der Waals surface area contributed by atoms with E-state index in [0.29, 0.717) is 0 Å². The molecule has 1 atom stereocenters. The minimum absolute atomic E-state index is 0.0412. The van der Waals surface area contributed by atoms with Crippen LogP contribution >= 0.6 is 0 Å². The molecular formula is C9H7N5O. The second kappa shape index (κ2) is 3.34. The number of nitriles is 3. The van der Waals surface area contributed by atoms with Crippen molar-refractivity contribution in [1.82, 2.24) is 5.32 Å². The van der Waals surface area contributed by atoms with Crippen LogP contribution < -0.4 is 11.1 Å². The molecule has 1 rings (SSSR count). The Kier molecular flexibility index (Phi) is 2.36. The second-order valence-corrected chi connectivity index (χ2v) is 3.07. The summed E-state index contributed by atoms with van der Waals surface area (Å²) in [7, 11) is 0. The molecule has 0 fully saturated rings. The Morgan fingerprint density at radius 1 is 1.40 bits per heavy atom. The van der Waals surface area contributed by atoms with Crippen molar-refractivity contribution in [2.75, 3.05) is 0 Å². The summed E-state index contributed by atoms with van der Waals surface area (Å²) in [5.41, 5.74) is 3.30. The molecule has 0 aromatic rings. The van der Waals surface area contributed by atoms with Crippen molar-refractivity contribution in [2.24, 2.45) is 5.73 Å². The zero-order valence-corrected chi connectivity index (χ0v) is 7.87.